The maximum Gasteiger partial charge on any atom is 0.171 e. The maximum atomic E-state index is 6.56. The molecule has 3 N–H and O–H groups in total. The molecule has 0 unspecified atom stereocenters. The fraction of sp³-hybridized carbons (Fsp3) is 0.138. The van der Waals surface area contributed by atoms with Gasteiger partial charge in [-0.25, -0.2) is 4.98 Å². The van der Waals surface area contributed by atoms with Crippen LogP contribution in [0.25, 0.3) is 39.6 Å². The lowest BCUT2D eigenvalue weighted by Crippen LogP contribution is -2.43. The Kier molecular flexibility index (Phi) is 4.38. The summed E-state index contributed by atoms with van der Waals surface area (Å²) < 4.78 is 2.12. The molecule has 0 radical (unpaired) electrons. The standard InChI is InChI=1S/C29H24N6/c30-29(15-6-16-29)22-13-11-20(12-14-22)27-33-34-28-23-9-4-5-10-24(23)32-26-25(35(27)28)17-21(18-31-26)19-7-2-1-3-8-19/h1-5,7-14,17-18H,6,15-16,30H2,(H,31,32). The van der Waals surface area contributed by atoms with Crippen LogP contribution >= 0.6 is 0 Å². The number of nitrogens with one attached hydrogen (secondary N) is 1. The van der Waals surface area contributed by atoms with Gasteiger partial charge in [-0.2, -0.15) is 0 Å². The number of pyridine rings is 1. The number of anilines is 2. The van der Waals surface area contributed by atoms with Gasteiger partial charge < -0.3 is 11.1 Å². The third-order valence-electron chi connectivity index (χ3n) is 7.26. The van der Waals surface area contributed by atoms with Crippen molar-refractivity contribution in [1.29, 1.82) is 0 Å². The Labute approximate surface area is 203 Å². The van der Waals surface area contributed by atoms with Crippen LogP contribution in [0.3, 0.4) is 0 Å². The zero-order chi connectivity index (χ0) is 23.4. The molecule has 6 heteroatoms. The topological polar surface area (TPSA) is 81.7 Å². The Morgan fingerprint density at radius 2 is 1.51 bits per heavy atom. The van der Waals surface area contributed by atoms with Crippen LogP contribution in [0.5, 0.6) is 0 Å². The van der Waals surface area contributed by atoms with E-state index in [0.717, 1.165) is 63.9 Å². The first-order valence-electron chi connectivity index (χ1n) is 12.0. The molecular formula is C29H24N6. The van der Waals surface area contributed by atoms with Gasteiger partial charge in [0, 0.05) is 28.4 Å². The second-order valence-corrected chi connectivity index (χ2v) is 9.40. The van der Waals surface area contributed by atoms with E-state index in [4.69, 9.17) is 10.7 Å². The Morgan fingerprint density at radius 1 is 0.771 bits per heavy atom. The summed E-state index contributed by atoms with van der Waals surface area (Å²) in [6.07, 6.45) is 5.18. The number of nitrogens with zero attached hydrogens (tertiary/aromatic N) is 4. The van der Waals surface area contributed by atoms with E-state index in [1.807, 2.05) is 42.6 Å². The normalized spacial score (nSPS) is 15.1. The minimum absolute atomic E-state index is 0.190. The van der Waals surface area contributed by atoms with Gasteiger partial charge in [0.05, 0.1) is 11.4 Å². The summed E-state index contributed by atoms with van der Waals surface area (Å²) >= 11 is 0. The van der Waals surface area contributed by atoms with E-state index in [-0.39, 0.29) is 5.54 Å². The predicted molar refractivity (Wildman–Crippen MR) is 138 cm³/mol. The second kappa shape index (κ2) is 7.61. The van der Waals surface area contributed by atoms with Gasteiger partial charge in [-0.3, -0.25) is 4.57 Å². The molecule has 0 atom stereocenters. The molecule has 35 heavy (non-hydrogen) atoms. The number of nitrogens with two attached hydrogens (primary N) is 1. The molecule has 6 nitrogen and oxygen atoms in total. The van der Waals surface area contributed by atoms with Gasteiger partial charge in [0.2, 0.25) is 0 Å². The number of hydrogen-bond acceptors (Lipinski definition) is 5. The van der Waals surface area contributed by atoms with Crippen LogP contribution in [-0.2, 0) is 5.54 Å². The van der Waals surface area contributed by atoms with Gasteiger partial charge in [-0.15, -0.1) is 10.2 Å². The number of fused-ring (bicyclic) bond motifs is 5. The van der Waals surface area contributed by atoms with Gasteiger partial charge in [0.15, 0.2) is 17.5 Å². The third-order valence-corrected chi connectivity index (χ3v) is 7.26. The van der Waals surface area contributed by atoms with E-state index in [1.165, 1.54) is 12.0 Å². The molecular weight excluding hydrogens is 432 g/mol. The molecule has 0 bridgehead atoms. The third kappa shape index (κ3) is 3.18. The Hall–Kier alpha value is -4.29. The Bertz CT molecular complexity index is 1550. The van der Waals surface area contributed by atoms with Crippen LogP contribution in [-0.4, -0.2) is 19.7 Å². The Balaban J connectivity index is 1.43. The van der Waals surface area contributed by atoms with Crippen molar-refractivity contribution in [3.05, 3.63) is 96.7 Å². The fourth-order valence-corrected chi connectivity index (χ4v) is 5.09. The first-order valence-corrected chi connectivity index (χ1v) is 12.0. The van der Waals surface area contributed by atoms with Crippen LogP contribution in [0.2, 0.25) is 0 Å². The molecule has 5 aromatic rings. The molecule has 0 saturated heterocycles. The average Bonchev–Trinajstić information content (AvgIpc) is 3.28. The van der Waals surface area contributed by atoms with Crippen molar-refractivity contribution in [2.24, 2.45) is 5.73 Å². The minimum Gasteiger partial charge on any atom is -0.338 e. The van der Waals surface area contributed by atoms with E-state index >= 15 is 0 Å². The van der Waals surface area contributed by atoms with Gasteiger partial charge >= 0.3 is 0 Å². The van der Waals surface area contributed by atoms with Gasteiger partial charge in [-0.05, 0) is 48.6 Å². The van der Waals surface area contributed by atoms with Crippen molar-refractivity contribution >= 4 is 11.5 Å². The minimum atomic E-state index is -0.190. The van der Waals surface area contributed by atoms with Crippen molar-refractivity contribution in [3.63, 3.8) is 0 Å². The molecule has 7 rings (SSSR count). The van der Waals surface area contributed by atoms with Gasteiger partial charge in [0.25, 0.3) is 0 Å². The zero-order valence-electron chi connectivity index (χ0n) is 19.1. The fourth-order valence-electron chi connectivity index (χ4n) is 5.09. The summed E-state index contributed by atoms with van der Waals surface area (Å²) in [5.41, 5.74) is 13.5. The molecule has 0 amide bonds. The lowest BCUT2D eigenvalue weighted by molar-refractivity contribution is 0.253. The number of hydrogen-bond donors (Lipinski definition) is 2. The molecule has 1 aliphatic heterocycles. The van der Waals surface area contributed by atoms with E-state index in [2.05, 4.69) is 68.6 Å². The first-order chi connectivity index (χ1) is 17.2. The number of aromatic nitrogens is 4. The van der Waals surface area contributed by atoms with Crippen molar-refractivity contribution in [1.82, 2.24) is 19.7 Å². The van der Waals surface area contributed by atoms with Crippen molar-refractivity contribution in [2.45, 2.75) is 24.8 Å². The summed E-state index contributed by atoms with van der Waals surface area (Å²) in [6, 6.07) is 29.1. The van der Waals surface area contributed by atoms with E-state index in [0.29, 0.717) is 0 Å². The van der Waals surface area contributed by atoms with Crippen LogP contribution in [0.1, 0.15) is 24.8 Å². The summed E-state index contributed by atoms with van der Waals surface area (Å²) in [5.74, 6) is 2.33. The first kappa shape index (κ1) is 20.1. The maximum absolute atomic E-state index is 6.56. The van der Waals surface area contributed by atoms with E-state index < -0.39 is 0 Å². The largest absolute Gasteiger partial charge is 0.338 e. The highest BCUT2D eigenvalue weighted by Gasteiger charge is 2.34. The molecule has 0 spiro atoms. The highest BCUT2D eigenvalue weighted by atomic mass is 15.3. The van der Waals surface area contributed by atoms with Gasteiger partial charge in [-0.1, -0.05) is 66.7 Å². The highest BCUT2D eigenvalue weighted by molar-refractivity contribution is 5.86. The summed E-state index contributed by atoms with van der Waals surface area (Å²) in [5, 5.41) is 12.8. The van der Waals surface area contributed by atoms with Crippen molar-refractivity contribution in [3.8, 4) is 39.6 Å². The predicted octanol–water partition coefficient (Wildman–Crippen LogP) is 6.06. The Morgan fingerprint density at radius 3 is 2.29 bits per heavy atom. The zero-order valence-corrected chi connectivity index (χ0v) is 19.1. The molecule has 170 valence electrons. The molecule has 1 aliphatic carbocycles. The van der Waals surface area contributed by atoms with E-state index in [1.54, 1.807) is 0 Å². The summed E-state index contributed by atoms with van der Waals surface area (Å²) in [4.78, 5) is 4.83. The van der Waals surface area contributed by atoms with Gasteiger partial charge in [0.1, 0.15) is 0 Å². The smallest absolute Gasteiger partial charge is 0.171 e. The summed E-state index contributed by atoms with van der Waals surface area (Å²) in [6.45, 7) is 0. The highest BCUT2D eigenvalue weighted by Crippen LogP contribution is 2.42. The van der Waals surface area contributed by atoms with Crippen LogP contribution in [0.4, 0.5) is 11.5 Å². The monoisotopic (exact) mass is 456 g/mol. The summed E-state index contributed by atoms with van der Waals surface area (Å²) in [7, 11) is 0. The van der Waals surface area contributed by atoms with Crippen molar-refractivity contribution < 1.29 is 0 Å². The molecule has 2 aromatic heterocycles. The molecule has 3 aromatic carbocycles. The van der Waals surface area contributed by atoms with Crippen LogP contribution in [0, 0.1) is 0 Å². The van der Waals surface area contributed by atoms with Crippen LogP contribution < -0.4 is 11.1 Å². The lowest BCUT2D eigenvalue weighted by Gasteiger charge is -2.38. The van der Waals surface area contributed by atoms with E-state index in [9.17, 15) is 0 Å². The SMILES string of the molecule is NC1(c2ccc(-c3nnc4n3-c3cc(-c5ccccc5)cnc3Nc3ccccc3-4)cc2)CCC1. The van der Waals surface area contributed by atoms with Crippen molar-refractivity contribution in [2.75, 3.05) is 5.32 Å². The molecule has 1 saturated carbocycles. The quantitative estimate of drug-likeness (QED) is 0.338. The lowest BCUT2D eigenvalue weighted by atomic mass is 9.73. The second-order valence-electron chi connectivity index (χ2n) is 9.40. The molecule has 1 fully saturated rings. The average molecular weight is 457 g/mol. The van der Waals surface area contributed by atoms with Crippen LogP contribution in [0.15, 0.2) is 91.1 Å². The molecule has 3 heterocycles. The number of para-hydroxylation sites is 1. The number of rotatable bonds is 3. The molecule has 2 aliphatic rings. The number of benzene rings is 3.